The molecule has 0 atom stereocenters. The van der Waals surface area contributed by atoms with Crippen LogP contribution in [0.3, 0.4) is 0 Å². The molecule has 1 amide bonds. The Kier molecular flexibility index (Phi) is 3.83. The summed E-state index contributed by atoms with van der Waals surface area (Å²) in [5.74, 6) is -0.0874. The molecule has 1 saturated heterocycles. The summed E-state index contributed by atoms with van der Waals surface area (Å²) in [5, 5.41) is 3.93. The van der Waals surface area contributed by atoms with E-state index in [0.717, 1.165) is 5.56 Å². The molecule has 2 aromatic rings. The Bertz CT molecular complexity index is 691. The van der Waals surface area contributed by atoms with Crippen LogP contribution in [0, 0.1) is 0 Å². The number of anilines is 1. The van der Waals surface area contributed by atoms with E-state index in [0.29, 0.717) is 24.4 Å². The molecule has 0 aliphatic carbocycles. The van der Waals surface area contributed by atoms with Crippen LogP contribution >= 0.6 is 11.3 Å². The molecule has 3 rings (SSSR count). The van der Waals surface area contributed by atoms with Crippen LogP contribution in [0.5, 0.6) is 0 Å². The third kappa shape index (κ3) is 3.03. The summed E-state index contributed by atoms with van der Waals surface area (Å²) in [5.41, 5.74) is 2.25. The van der Waals surface area contributed by atoms with Crippen molar-refractivity contribution >= 4 is 35.0 Å². The van der Waals surface area contributed by atoms with E-state index in [2.05, 4.69) is 0 Å². The number of ketones is 1. The molecule has 4 nitrogen and oxygen atoms in total. The van der Waals surface area contributed by atoms with Gasteiger partial charge in [-0.25, -0.2) is 4.79 Å². The van der Waals surface area contributed by atoms with E-state index in [4.69, 9.17) is 4.74 Å². The summed E-state index contributed by atoms with van der Waals surface area (Å²) >= 11 is 1.59. The Morgan fingerprint density at radius 3 is 2.95 bits per heavy atom. The van der Waals surface area contributed by atoms with Gasteiger partial charge in [-0.3, -0.25) is 9.69 Å². The molecule has 1 fully saturated rings. The van der Waals surface area contributed by atoms with Gasteiger partial charge in [0.1, 0.15) is 6.61 Å². The first kappa shape index (κ1) is 13.6. The summed E-state index contributed by atoms with van der Waals surface area (Å²) in [7, 11) is 0. The Morgan fingerprint density at radius 2 is 2.24 bits per heavy atom. The largest absolute Gasteiger partial charge is 0.447 e. The summed E-state index contributed by atoms with van der Waals surface area (Å²) < 4.78 is 4.91. The highest BCUT2D eigenvalue weighted by atomic mass is 32.1. The Balaban J connectivity index is 1.79. The highest BCUT2D eigenvalue weighted by Gasteiger charge is 2.23. The minimum absolute atomic E-state index is 0.0874. The van der Waals surface area contributed by atoms with Crippen molar-refractivity contribution in [3.63, 3.8) is 0 Å². The van der Waals surface area contributed by atoms with Crippen molar-refractivity contribution in [2.45, 2.75) is 0 Å². The van der Waals surface area contributed by atoms with Gasteiger partial charge < -0.3 is 4.74 Å². The van der Waals surface area contributed by atoms with E-state index in [1.54, 1.807) is 47.8 Å². The number of carbonyl (C=O) groups is 2. The maximum absolute atomic E-state index is 12.2. The summed E-state index contributed by atoms with van der Waals surface area (Å²) in [6.07, 6.45) is 2.97. The van der Waals surface area contributed by atoms with Gasteiger partial charge in [0.25, 0.3) is 0 Å². The molecule has 5 heteroatoms. The number of hydrogen-bond acceptors (Lipinski definition) is 4. The Morgan fingerprint density at radius 1 is 1.33 bits per heavy atom. The third-order valence-electron chi connectivity index (χ3n) is 3.17. The number of cyclic esters (lactones) is 1. The number of amides is 1. The number of ether oxygens (including phenoxy) is 1. The molecule has 1 aromatic carbocycles. The van der Waals surface area contributed by atoms with Crippen LogP contribution in [0.1, 0.15) is 15.9 Å². The number of nitrogens with zero attached hydrogens (tertiary/aromatic N) is 1. The van der Waals surface area contributed by atoms with Crippen molar-refractivity contribution in [3.8, 4) is 0 Å². The smallest absolute Gasteiger partial charge is 0.414 e. The lowest BCUT2D eigenvalue weighted by Crippen LogP contribution is -2.23. The average molecular weight is 299 g/mol. The van der Waals surface area contributed by atoms with Crippen LogP contribution in [0.15, 0.2) is 47.2 Å². The lowest BCUT2D eigenvalue weighted by Gasteiger charge is -2.13. The lowest BCUT2D eigenvalue weighted by atomic mass is 10.1. The van der Waals surface area contributed by atoms with Crippen LogP contribution in [-0.4, -0.2) is 25.0 Å². The number of rotatable bonds is 4. The Hall–Kier alpha value is -2.40. The minimum atomic E-state index is -0.367. The zero-order valence-corrected chi connectivity index (χ0v) is 12.0. The number of benzene rings is 1. The summed E-state index contributed by atoms with van der Waals surface area (Å²) in [6, 6.07) is 8.97. The number of thiophene rings is 1. The predicted octanol–water partition coefficient (Wildman–Crippen LogP) is 3.60. The quantitative estimate of drug-likeness (QED) is 0.640. The molecule has 0 saturated carbocycles. The molecule has 1 aliphatic heterocycles. The minimum Gasteiger partial charge on any atom is -0.447 e. The van der Waals surface area contributed by atoms with E-state index < -0.39 is 0 Å². The fraction of sp³-hybridized carbons (Fsp3) is 0.125. The van der Waals surface area contributed by atoms with Gasteiger partial charge in [0, 0.05) is 11.3 Å². The van der Waals surface area contributed by atoms with Crippen molar-refractivity contribution in [2.24, 2.45) is 0 Å². The van der Waals surface area contributed by atoms with Gasteiger partial charge in [0.2, 0.25) is 0 Å². The molecule has 2 heterocycles. The molecule has 0 N–H and O–H groups in total. The van der Waals surface area contributed by atoms with E-state index in [-0.39, 0.29) is 11.9 Å². The van der Waals surface area contributed by atoms with E-state index in [9.17, 15) is 9.59 Å². The molecule has 0 bridgehead atoms. The first-order valence-corrected chi connectivity index (χ1v) is 7.47. The molecule has 1 aliphatic rings. The first-order chi connectivity index (χ1) is 10.2. The molecule has 1 aromatic heterocycles. The lowest BCUT2D eigenvalue weighted by molar-refractivity contribution is 0.104. The van der Waals surface area contributed by atoms with Gasteiger partial charge in [-0.15, -0.1) is 0 Å². The second kappa shape index (κ2) is 5.93. The van der Waals surface area contributed by atoms with Gasteiger partial charge in [-0.05, 0) is 40.6 Å². The third-order valence-corrected chi connectivity index (χ3v) is 3.87. The zero-order chi connectivity index (χ0) is 14.7. The van der Waals surface area contributed by atoms with Gasteiger partial charge in [-0.1, -0.05) is 18.2 Å². The maximum atomic E-state index is 12.2. The maximum Gasteiger partial charge on any atom is 0.414 e. The molecule has 0 unspecified atom stereocenters. The zero-order valence-electron chi connectivity index (χ0n) is 11.2. The van der Waals surface area contributed by atoms with Crippen LogP contribution in [0.25, 0.3) is 6.08 Å². The summed E-state index contributed by atoms with van der Waals surface area (Å²) in [4.78, 5) is 25.2. The van der Waals surface area contributed by atoms with Crippen molar-refractivity contribution in [3.05, 3.63) is 58.3 Å². The molecular weight excluding hydrogens is 286 g/mol. The van der Waals surface area contributed by atoms with Gasteiger partial charge in [-0.2, -0.15) is 11.3 Å². The molecule has 106 valence electrons. The van der Waals surface area contributed by atoms with Crippen molar-refractivity contribution in [1.29, 1.82) is 0 Å². The molecule has 0 radical (unpaired) electrons. The normalized spacial score (nSPS) is 14.7. The van der Waals surface area contributed by atoms with Gasteiger partial charge in [0.05, 0.1) is 6.54 Å². The number of carbonyl (C=O) groups excluding carboxylic acids is 2. The monoisotopic (exact) mass is 299 g/mol. The van der Waals surface area contributed by atoms with E-state index >= 15 is 0 Å². The topological polar surface area (TPSA) is 46.6 Å². The molecule has 0 spiro atoms. The van der Waals surface area contributed by atoms with Crippen molar-refractivity contribution < 1.29 is 14.3 Å². The average Bonchev–Trinajstić information content (AvgIpc) is 3.16. The SMILES string of the molecule is O=C(C=Cc1ccsc1)c1cccc(N2CCOC2=O)c1. The van der Waals surface area contributed by atoms with Crippen LogP contribution in [-0.2, 0) is 4.74 Å². The number of allylic oxidation sites excluding steroid dienone is 1. The number of hydrogen-bond donors (Lipinski definition) is 0. The first-order valence-electron chi connectivity index (χ1n) is 6.53. The van der Waals surface area contributed by atoms with E-state index in [1.165, 1.54) is 4.90 Å². The highest BCUT2D eigenvalue weighted by Crippen LogP contribution is 2.20. The van der Waals surface area contributed by atoms with E-state index in [1.807, 2.05) is 16.8 Å². The fourth-order valence-corrected chi connectivity index (χ4v) is 2.72. The second-order valence-corrected chi connectivity index (χ2v) is 5.35. The van der Waals surface area contributed by atoms with Crippen LogP contribution < -0.4 is 4.90 Å². The molecule has 21 heavy (non-hydrogen) atoms. The predicted molar refractivity (Wildman–Crippen MR) is 82.8 cm³/mol. The standard InChI is InChI=1S/C16H13NO3S/c18-15(5-4-12-6-9-21-11-12)13-2-1-3-14(10-13)17-7-8-20-16(17)19/h1-6,9-11H,7-8H2. The van der Waals surface area contributed by atoms with Gasteiger partial charge >= 0.3 is 6.09 Å². The van der Waals surface area contributed by atoms with Crippen LogP contribution in [0.4, 0.5) is 10.5 Å². The van der Waals surface area contributed by atoms with Crippen LogP contribution in [0.2, 0.25) is 0 Å². The van der Waals surface area contributed by atoms with Crippen molar-refractivity contribution in [2.75, 3.05) is 18.1 Å². The fourth-order valence-electron chi connectivity index (χ4n) is 2.09. The highest BCUT2D eigenvalue weighted by molar-refractivity contribution is 7.08. The van der Waals surface area contributed by atoms with Crippen molar-refractivity contribution in [1.82, 2.24) is 0 Å². The second-order valence-electron chi connectivity index (χ2n) is 4.57. The van der Waals surface area contributed by atoms with Gasteiger partial charge in [0.15, 0.2) is 5.78 Å². The Labute approximate surface area is 126 Å². The molecular formula is C16H13NO3S. The summed E-state index contributed by atoms with van der Waals surface area (Å²) in [6.45, 7) is 0.899.